The summed E-state index contributed by atoms with van der Waals surface area (Å²) in [6.07, 6.45) is 3.54. The van der Waals surface area contributed by atoms with Crippen LogP contribution in [0.1, 0.15) is 25.5 Å². The monoisotopic (exact) mass is 228 g/mol. The number of halogens is 1. The van der Waals surface area contributed by atoms with Gasteiger partial charge in [0, 0.05) is 22.9 Å². The van der Waals surface area contributed by atoms with Crippen LogP contribution in [0.3, 0.4) is 0 Å². The SMILES string of the molecule is CC(C)[C@H](N)c1ccncc1Br. The van der Waals surface area contributed by atoms with E-state index in [9.17, 15) is 0 Å². The number of hydrogen-bond donors (Lipinski definition) is 1. The van der Waals surface area contributed by atoms with Crippen molar-refractivity contribution >= 4 is 15.9 Å². The Morgan fingerprint density at radius 3 is 2.67 bits per heavy atom. The molecule has 0 aliphatic rings. The van der Waals surface area contributed by atoms with Gasteiger partial charge < -0.3 is 5.73 Å². The lowest BCUT2D eigenvalue weighted by Gasteiger charge is -2.16. The van der Waals surface area contributed by atoms with Gasteiger partial charge in [0.05, 0.1) is 0 Å². The number of nitrogens with two attached hydrogens (primary N) is 1. The average Bonchev–Trinajstić information content (AvgIpc) is 2.04. The fourth-order valence-electron chi connectivity index (χ4n) is 1.02. The van der Waals surface area contributed by atoms with Gasteiger partial charge in [-0.3, -0.25) is 4.98 Å². The first-order chi connectivity index (χ1) is 5.63. The van der Waals surface area contributed by atoms with Gasteiger partial charge in [0.15, 0.2) is 0 Å². The Bertz CT molecular complexity index is 260. The van der Waals surface area contributed by atoms with Crippen LogP contribution in [-0.2, 0) is 0 Å². The summed E-state index contributed by atoms with van der Waals surface area (Å²) in [5.74, 6) is 0.448. The van der Waals surface area contributed by atoms with Gasteiger partial charge in [-0.05, 0) is 33.5 Å². The van der Waals surface area contributed by atoms with Gasteiger partial charge in [-0.15, -0.1) is 0 Å². The molecule has 1 aromatic heterocycles. The van der Waals surface area contributed by atoms with Crippen LogP contribution in [0.4, 0.5) is 0 Å². The zero-order chi connectivity index (χ0) is 9.14. The van der Waals surface area contributed by atoms with E-state index in [4.69, 9.17) is 5.73 Å². The molecule has 66 valence electrons. The fourth-order valence-corrected chi connectivity index (χ4v) is 1.53. The van der Waals surface area contributed by atoms with E-state index < -0.39 is 0 Å². The van der Waals surface area contributed by atoms with Gasteiger partial charge in [-0.25, -0.2) is 0 Å². The molecule has 12 heavy (non-hydrogen) atoms. The predicted molar refractivity (Wildman–Crippen MR) is 53.7 cm³/mol. The molecule has 0 radical (unpaired) electrons. The number of rotatable bonds is 2. The summed E-state index contributed by atoms with van der Waals surface area (Å²) >= 11 is 3.42. The number of hydrogen-bond acceptors (Lipinski definition) is 2. The molecule has 0 aliphatic heterocycles. The van der Waals surface area contributed by atoms with E-state index in [-0.39, 0.29) is 6.04 Å². The summed E-state index contributed by atoms with van der Waals surface area (Å²) in [4.78, 5) is 3.98. The number of pyridine rings is 1. The smallest absolute Gasteiger partial charge is 0.0413 e. The molecule has 1 heterocycles. The zero-order valence-electron chi connectivity index (χ0n) is 7.29. The van der Waals surface area contributed by atoms with Crippen LogP contribution in [0, 0.1) is 5.92 Å². The third kappa shape index (κ3) is 2.05. The molecule has 0 fully saturated rings. The Morgan fingerprint density at radius 1 is 1.50 bits per heavy atom. The molecule has 3 heteroatoms. The van der Waals surface area contributed by atoms with Gasteiger partial charge in [-0.1, -0.05) is 13.8 Å². The van der Waals surface area contributed by atoms with E-state index in [2.05, 4.69) is 34.8 Å². The van der Waals surface area contributed by atoms with Crippen LogP contribution in [0.2, 0.25) is 0 Å². The summed E-state index contributed by atoms with van der Waals surface area (Å²) in [6.45, 7) is 4.22. The minimum atomic E-state index is 0.0855. The van der Waals surface area contributed by atoms with Crippen LogP contribution < -0.4 is 5.73 Å². The first-order valence-electron chi connectivity index (χ1n) is 3.98. The lowest BCUT2D eigenvalue weighted by molar-refractivity contribution is 0.512. The molecule has 2 nitrogen and oxygen atoms in total. The zero-order valence-corrected chi connectivity index (χ0v) is 8.88. The summed E-state index contributed by atoms with van der Waals surface area (Å²) in [6, 6.07) is 2.04. The molecule has 0 bridgehead atoms. The molecule has 0 spiro atoms. The average molecular weight is 229 g/mol. The summed E-state index contributed by atoms with van der Waals surface area (Å²) in [5.41, 5.74) is 7.11. The van der Waals surface area contributed by atoms with Crippen LogP contribution >= 0.6 is 15.9 Å². The highest BCUT2D eigenvalue weighted by Crippen LogP contribution is 2.25. The summed E-state index contributed by atoms with van der Waals surface area (Å²) in [7, 11) is 0. The molecule has 0 aliphatic carbocycles. The van der Waals surface area contributed by atoms with Gasteiger partial charge in [-0.2, -0.15) is 0 Å². The molecule has 1 rings (SSSR count). The molecule has 0 amide bonds. The Morgan fingerprint density at radius 2 is 2.17 bits per heavy atom. The van der Waals surface area contributed by atoms with E-state index in [1.165, 1.54) is 0 Å². The van der Waals surface area contributed by atoms with Crippen molar-refractivity contribution < 1.29 is 0 Å². The van der Waals surface area contributed by atoms with Gasteiger partial charge in [0.1, 0.15) is 0 Å². The minimum Gasteiger partial charge on any atom is -0.324 e. The molecule has 0 saturated carbocycles. The van der Waals surface area contributed by atoms with Crippen LogP contribution in [0.15, 0.2) is 22.9 Å². The summed E-state index contributed by atoms with van der Waals surface area (Å²) in [5, 5.41) is 0. The molecule has 1 aromatic rings. The summed E-state index contributed by atoms with van der Waals surface area (Å²) < 4.78 is 0.992. The Labute approximate surface area is 81.3 Å². The van der Waals surface area contributed by atoms with Crippen molar-refractivity contribution in [3.8, 4) is 0 Å². The Hall–Kier alpha value is -0.410. The highest BCUT2D eigenvalue weighted by Gasteiger charge is 2.12. The van der Waals surface area contributed by atoms with Crippen molar-refractivity contribution in [2.75, 3.05) is 0 Å². The lowest BCUT2D eigenvalue weighted by Crippen LogP contribution is -2.17. The van der Waals surface area contributed by atoms with Crippen molar-refractivity contribution in [3.05, 3.63) is 28.5 Å². The third-order valence-electron chi connectivity index (χ3n) is 1.88. The van der Waals surface area contributed by atoms with Crippen molar-refractivity contribution in [1.29, 1.82) is 0 Å². The lowest BCUT2D eigenvalue weighted by atomic mass is 9.98. The second kappa shape index (κ2) is 4.01. The van der Waals surface area contributed by atoms with E-state index in [1.54, 1.807) is 12.4 Å². The molecule has 0 aromatic carbocycles. The Balaban J connectivity index is 2.94. The van der Waals surface area contributed by atoms with Crippen LogP contribution in [-0.4, -0.2) is 4.98 Å². The maximum atomic E-state index is 5.98. The minimum absolute atomic E-state index is 0.0855. The molecule has 0 saturated heterocycles. The first kappa shape index (κ1) is 9.68. The van der Waals surface area contributed by atoms with E-state index in [0.29, 0.717) is 5.92 Å². The van der Waals surface area contributed by atoms with Crippen LogP contribution in [0.25, 0.3) is 0 Å². The second-order valence-corrected chi connectivity index (χ2v) is 4.02. The molecular formula is C9H13BrN2. The quantitative estimate of drug-likeness (QED) is 0.846. The van der Waals surface area contributed by atoms with E-state index >= 15 is 0 Å². The first-order valence-corrected chi connectivity index (χ1v) is 4.77. The highest BCUT2D eigenvalue weighted by atomic mass is 79.9. The van der Waals surface area contributed by atoms with E-state index in [1.807, 2.05) is 6.07 Å². The van der Waals surface area contributed by atoms with Crippen molar-refractivity contribution in [2.45, 2.75) is 19.9 Å². The van der Waals surface area contributed by atoms with Crippen molar-refractivity contribution in [1.82, 2.24) is 4.98 Å². The van der Waals surface area contributed by atoms with E-state index in [0.717, 1.165) is 10.0 Å². The molecule has 0 unspecified atom stereocenters. The van der Waals surface area contributed by atoms with Gasteiger partial charge in [0.25, 0.3) is 0 Å². The largest absolute Gasteiger partial charge is 0.324 e. The second-order valence-electron chi connectivity index (χ2n) is 3.17. The maximum absolute atomic E-state index is 5.98. The fraction of sp³-hybridized carbons (Fsp3) is 0.444. The maximum Gasteiger partial charge on any atom is 0.0413 e. The standard InChI is InChI=1S/C9H13BrN2/c1-6(2)9(11)7-3-4-12-5-8(7)10/h3-6,9H,11H2,1-2H3/t9-/m0/s1. The van der Waals surface area contributed by atoms with Gasteiger partial charge >= 0.3 is 0 Å². The molecule has 2 N–H and O–H groups in total. The normalized spacial score (nSPS) is 13.4. The predicted octanol–water partition coefficient (Wildman–Crippen LogP) is 2.50. The third-order valence-corrected chi connectivity index (χ3v) is 2.54. The van der Waals surface area contributed by atoms with Crippen molar-refractivity contribution in [3.63, 3.8) is 0 Å². The van der Waals surface area contributed by atoms with Crippen molar-refractivity contribution in [2.24, 2.45) is 11.7 Å². The topological polar surface area (TPSA) is 38.9 Å². The Kier molecular flexibility index (Phi) is 3.23. The molecule has 1 atom stereocenters. The van der Waals surface area contributed by atoms with Gasteiger partial charge in [0.2, 0.25) is 0 Å². The highest BCUT2D eigenvalue weighted by molar-refractivity contribution is 9.10. The molecular weight excluding hydrogens is 216 g/mol. The number of aromatic nitrogens is 1. The van der Waals surface area contributed by atoms with Crippen LogP contribution in [0.5, 0.6) is 0 Å². The number of nitrogens with zero attached hydrogens (tertiary/aromatic N) is 1.